The fourth-order valence-electron chi connectivity index (χ4n) is 3.76. The van der Waals surface area contributed by atoms with E-state index in [4.69, 9.17) is 0 Å². The third-order valence-electron chi connectivity index (χ3n) is 5.08. The Morgan fingerprint density at radius 1 is 1.04 bits per heavy atom. The molecule has 5 nitrogen and oxygen atoms in total. The number of nitrogens with zero attached hydrogens (tertiary/aromatic N) is 2. The molecule has 0 aromatic heterocycles. The van der Waals surface area contributed by atoms with Crippen LogP contribution in [0.25, 0.3) is 0 Å². The van der Waals surface area contributed by atoms with Crippen molar-refractivity contribution in [1.29, 1.82) is 0 Å². The number of carbonyl (C=O) groups is 3. The van der Waals surface area contributed by atoms with Crippen molar-refractivity contribution < 1.29 is 14.4 Å². The summed E-state index contributed by atoms with van der Waals surface area (Å²) in [5.41, 5.74) is 4.30. The minimum absolute atomic E-state index is 0.0456. The van der Waals surface area contributed by atoms with Crippen LogP contribution in [0.5, 0.6) is 0 Å². The van der Waals surface area contributed by atoms with Crippen LogP contribution in [-0.4, -0.2) is 35.7 Å². The molecule has 2 heterocycles. The highest BCUT2D eigenvalue weighted by Crippen LogP contribution is 2.29. The number of imide groups is 1. The molecule has 2 aliphatic heterocycles. The molecular weight excluding hydrogens is 328 g/mol. The van der Waals surface area contributed by atoms with Gasteiger partial charge in [-0.3, -0.25) is 19.3 Å². The van der Waals surface area contributed by atoms with Crippen LogP contribution in [0.4, 0.5) is 5.69 Å². The van der Waals surface area contributed by atoms with Crippen molar-refractivity contribution >= 4 is 23.4 Å². The standard InChI is InChI=1S/C21H20N2O3/c1-14-8-9-18-15(13-14)10-12-22(18)19(24)7-4-11-23-20(25)16-5-2-3-6-17(16)21(23)26/h2-3,5-6,8-9,13H,4,7,10-12H2,1H3. The third-order valence-corrected chi connectivity index (χ3v) is 5.08. The topological polar surface area (TPSA) is 57.7 Å². The average molecular weight is 348 g/mol. The first-order chi connectivity index (χ1) is 12.6. The summed E-state index contributed by atoms with van der Waals surface area (Å²) in [6, 6.07) is 13.0. The predicted molar refractivity (Wildman–Crippen MR) is 98.3 cm³/mol. The van der Waals surface area contributed by atoms with Crippen LogP contribution < -0.4 is 4.90 Å². The highest BCUT2D eigenvalue weighted by atomic mass is 16.2. The zero-order valence-electron chi connectivity index (χ0n) is 14.7. The lowest BCUT2D eigenvalue weighted by molar-refractivity contribution is -0.118. The molecule has 0 unspecified atom stereocenters. The van der Waals surface area contributed by atoms with E-state index in [-0.39, 0.29) is 24.3 Å². The van der Waals surface area contributed by atoms with Crippen molar-refractivity contribution in [2.45, 2.75) is 26.2 Å². The molecule has 0 aliphatic carbocycles. The number of benzene rings is 2. The lowest BCUT2D eigenvalue weighted by Gasteiger charge is -2.19. The summed E-state index contributed by atoms with van der Waals surface area (Å²) in [6.45, 7) is 3.02. The summed E-state index contributed by atoms with van der Waals surface area (Å²) >= 11 is 0. The van der Waals surface area contributed by atoms with Gasteiger partial charge >= 0.3 is 0 Å². The summed E-state index contributed by atoms with van der Waals surface area (Å²) < 4.78 is 0. The Hall–Kier alpha value is -2.95. The molecule has 132 valence electrons. The Morgan fingerprint density at radius 3 is 2.42 bits per heavy atom. The Balaban J connectivity index is 1.37. The molecule has 2 aromatic rings. The third kappa shape index (κ3) is 2.69. The van der Waals surface area contributed by atoms with Gasteiger partial charge < -0.3 is 4.90 Å². The highest BCUT2D eigenvalue weighted by Gasteiger charge is 2.34. The molecule has 0 saturated carbocycles. The second-order valence-corrected chi connectivity index (χ2v) is 6.84. The molecule has 5 heteroatoms. The van der Waals surface area contributed by atoms with E-state index in [2.05, 4.69) is 6.07 Å². The minimum Gasteiger partial charge on any atom is -0.312 e. The van der Waals surface area contributed by atoms with E-state index in [1.807, 2.05) is 24.0 Å². The SMILES string of the molecule is Cc1ccc2c(c1)CCN2C(=O)CCCN1C(=O)c2ccccc2C1=O. The van der Waals surface area contributed by atoms with E-state index in [0.717, 1.165) is 12.1 Å². The number of fused-ring (bicyclic) bond motifs is 2. The molecule has 4 rings (SSSR count). The summed E-state index contributed by atoms with van der Waals surface area (Å²) in [4.78, 5) is 40.3. The van der Waals surface area contributed by atoms with Gasteiger partial charge in [0.2, 0.25) is 5.91 Å². The minimum atomic E-state index is -0.264. The smallest absolute Gasteiger partial charge is 0.261 e. The first kappa shape index (κ1) is 16.5. The lowest BCUT2D eigenvalue weighted by Crippen LogP contribution is -2.33. The van der Waals surface area contributed by atoms with Crippen LogP contribution in [0.1, 0.15) is 44.7 Å². The Kier molecular flexibility index (Phi) is 4.07. The van der Waals surface area contributed by atoms with Crippen LogP contribution >= 0.6 is 0 Å². The van der Waals surface area contributed by atoms with Gasteiger partial charge in [0.1, 0.15) is 0 Å². The van der Waals surface area contributed by atoms with Crippen molar-refractivity contribution in [3.05, 3.63) is 64.7 Å². The molecule has 0 bridgehead atoms. The zero-order chi connectivity index (χ0) is 18.3. The van der Waals surface area contributed by atoms with Gasteiger partial charge in [-0.15, -0.1) is 0 Å². The van der Waals surface area contributed by atoms with E-state index >= 15 is 0 Å². The molecule has 3 amide bonds. The summed E-state index contributed by atoms with van der Waals surface area (Å²) in [5.74, 6) is -0.482. The molecule has 0 fully saturated rings. The normalized spacial score (nSPS) is 15.4. The fourth-order valence-corrected chi connectivity index (χ4v) is 3.76. The molecule has 2 aliphatic rings. The molecular formula is C21H20N2O3. The second kappa shape index (κ2) is 6.41. The fraction of sp³-hybridized carbons (Fsp3) is 0.286. The Bertz CT molecular complexity index is 884. The van der Waals surface area contributed by atoms with Crippen LogP contribution in [0.15, 0.2) is 42.5 Å². The van der Waals surface area contributed by atoms with E-state index < -0.39 is 0 Å². The number of carbonyl (C=O) groups excluding carboxylic acids is 3. The number of hydrogen-bond acceptors (Lipinski definition) is 3. The number of amides is 3. The van der Waals surface area contributed by atoms with Gasteiger partial charge in [-0.25, -0.2) is 0 Å². The Morgan fingerprint density at radius 2 is 1.73 bits per heavy atom. The van der Waals surface area contributed by atoms with Gasteiger partial charge in [-0.05, 0) is 43.5 Å². The summed E-state index contributed by atoms with van der Waals surface area (Å²) in [5, 5.41) is 0. The maximum Gasteiger partial charge on any atom is 0.261 e. The van der Waals surface area contributed by atoms with Crippen molar-refractivity contribution in [3.63, 3.8) is 0 Å². The Labute approximate surface area is 152 Å². The van der Waals surface area contributed by atoms with Crippen molar-refractivity contribution in [2.24, 2.45) is 0 Å². The van der Waals surface area contributed by atoms with E-state index in [1.54, 1.807) is 24.3 Å². The number of rotatable bonds is 4. The average Bonchev–Trinajstić information content (AvgIpc) is 3.16. The number of aryl methyl sites for hydroxylation is 1. The van der Waals surface area contributed by atoms with Gasteiger partial charge in [0.05, 0.1) is 11.1 Å². The van der Waals surface area contributed by atoms with Gasteiger partial charge in [-0.2, -0.15) is 0 Å². The van der Waals surface area contributed by atoms with E-state index in [1.165, 1.54) is 16.0 Å². The molecule has 0 radical (unpaired) electrons. The van der Waals surface area contributed by atoms with Gasteiger partial charge in [-0.1, -0.05) is 29.8 Å². The molecule has 0 atom stereocenters. The molecule has 2 aromatic carbocycles. The van der Waals surface area contributed by atoms with Crippen molar-refractivity contribution in [1.82, 2.24) is 4.90 Å². The maximum absolute atomic E-state index is 12.6. The second-order valence-electron chi connectivity index (χ2n) is 6.84. The van der Waals surface area contributed by atoms with Crippen LogP contribution in [0.3, 0.4) is 0 Å². The van der Waals surface area contributed by atoms with Gasteiger partial charge in [0, 0.05) is 25.2 Å². The quantitative estimate of drug-likeness (QED) is 0.798. The van der Waals surface area contributed by atoms with E-state index in [0.29, 0.717) is 30.5 Å². The summed E-state index contributed by atoms with van der Waals surface area (Å²) in [6.07, 6.45) is 1.67. The lowest BCUT2D eigenvalue weighted by atomic mass is 10.1. The van der Waals surface area contributed by atoms with Gasteiger partial charge in [0.25, 0.3) is 11.8 Å². The predicted octanol–water partition coefficient (Wildman–Crippen LogP) is 2.96. The largest absolute Gasteiger partial charge is 0.312 e. The highest BCUT2D eigenvalue weighted by molar-refractivity contribution is 6.21. The van der Waals surface area contributed by atoms with Crippen LogP contribution in [0, 0.1) is 6.92 Å². The number of hydrogen-bond donors (Lipinski definition) is 0. The van der Waals surface area contributed by atoms with Crippen molar-refractivity contribution in [2.75, 3.05) is 18.0 Å². The maximum atomic E-state index is 12.6. The zero-order valence-corrected chi connectivity index (χ0v) is 14.7. The van der Waals surface area contributed by atoms with Crippen molar-refractivity contribution in [3.8, 4) is 0 Å². The molecule has 0 saturated heterocycles. The molecule has 26 heavy (non-hydrogen) atoms. The van der Waals surface area contributed by atoms with Crippen LogP contribution in [0.2, 0.25) is 0 Å². The first-order valence-electron chi connectivity index (χ1n) is 8.91. The first-order valence-corrected chi connectivity index (χ1v) is 8.91. The monoisotopic (exact) mass is 348 g/mol. The van der Waals surface area contributed by atoms with E-state index in [9.17, 15) is 14.4 Å². The molecule has 0 N–H and O–H groups in total. The molecule has 0 spiro atoms. The summed E-state index contributed by atoms with van der Waals surface area (Å²) in [7, 11) is 0. The number of anilines is 1. The van der Waals surface area contributed by atoms with Gasteiger partial charge in [0.15, 0.2) is 0 Å². The van der Waals surface area contributed by atoms with Crippen LogP contribution in [-0.2, 0) is 11.2 Å².